The van der Waals surface area contributed by atoms with Gasteiger partial charge in [-0.3, -0.25) is 14.0 Å². The van der Waals surface area contributed by atoms with Gasteiger partial charge in [0.05, 0.1) is 0 Å². The number of fused-ring (bicyclic) bond motifs is 1. The van der Waals surface area contributed by atoms with Crippen LogP contribution >= 0.6 is 0 Å². The summed E-state index contributed by atoms with van der Waals surface area (Å²) in [6.07, 6.45) is 5.15. The smallest absolute Gasteiger partial charge is 0.255 e. The van der Waals surface area contributed by atoms with Crippen molar-refractivity contribution in [3.05, 3.63) is 48.3 Å². The number of nitrogens with one attached hydrogen (secondary N) is 2. The van der Waals surface area contributed by atoms with Gasteiger partial charge in [0.2, 0.25) is 5.91 Å². The highest BCUT2D eigenvalue weighted by atomic mass is 16.2. The monoisotopic (exact) mass is 352 g/mol. The van der Waals surface area contributed by atoms with E-state index in [1.165, 1.54) is 6.92 Å². The van der Waals surface area contributed by atoms with Crippen molar-refractivity contribution in [1.29, 1.82) is 0 Å². The van der Waals surface area contributed by atoms with Gasteiger partial charge in [-0.1, -0.05) is 12.1 Å². The normalized spacial score (nSPS) is 10.7. The van der Waals surface area contributed by atoms with Gasteiger partial charge < -0.3 is 10.6 Å². The lowest BCUT2D eigenvalue weighted by atomic mass is 10.1. The molecule has 8 heteroatoms. The molecule has 2 aromatic heterocycles. The Morgan fingerprint density at radius 1 is 1.04 bits per heavy atom. The highest BCUT2D eigenvalue weighted by Crippen LogP contribution is 2.18. The summed E-state index contributed by atoms with van der Waals surface area (Å²) >= 11 is 0. The number of aromatic nitrogens is 4. The molecule has 2 amide bonds. The number of rotatable bonds is 7. The molecule has 0 unspecified atom stereocenters. The Bertz CT molecular complexity index is 903. The lowest BCUT2D eigenvalue weighted by molar-refractivity contribution is -0.118. The van der Waals surface area contributed by atoms with Crippen molar-refractivity contribution >= 4 is 17.6 Å². The van der Waals surface area contributed by atoms with Gasteiger partial charge in [-0.15, -0.1) is 10.2 Å². The predicted octanol–water partition coefficient (Wildman–Crippen LogP) is 1.44. The van der Waals surface area contributed by atoms with Gasteiger partial charge in [-0.25, -0.2) is 4.98 Å². The molecule has 0 spiro atoms. The quantitative estimate of drug-likeness (QED) is 0.627. The Hall–Kier alpha value is -3.29. The van der Waals surface area contributed by atoms with Crippen molar-refractivity contribution in [3.8, 4) is 11.4 Å². The Morgan fingerprint density at radius 3 is 2.50 bits per heavy atom. The zero-order chi connectivity index (χ0) is 18.4. The van der Waals surface area contributed by atoms with E-state index in [2.05, 4.69) is 25.8 Å². The molecule has 0 radical (unpaired) electrons. The van der Waals surface area contributed by atoms with E-state index in [-0.39, 0.29) is 11.8 Å². The summed E-state index contributed by atoms with van der Waals surface area (Å²) in [5, 5.41) is 13.8. The van der Waals surface area contributed by atoms with Gasteiger partial charge in [0.15, 0.2) is 5.82 Å². The molecule has 26 heavy (non-hydrogen) atoms. The van der Waals surface area contributed by atoms with Crippen LogP contribution in [0.25, 0.3) is 17.2 Å². The molecule has 0 atom stereocenters. The fraction of sp³-hybridized carbons (Fsp3) is 0.278. The van der Waals surface area contributed by atoms with Crippen molar-refractivity contribution in [3.63, 3.8) is 0 Å². The first-order chi connectivity index (χ1) is 12.6. The summed E-state index contributed by atoms with van der Waals surface area (Å²) in [7, 11) is 0. The zero-order valence-corrected chi connectivity index (χ0v) is 14.5. The van der Waals surface area contributed by atoms with Gasteiger partial charge in [0.1, 0.15) is 0 Å². The minimum Gasteiger partial charge on any atom is -0.356 e. The van der Waals surface area contributed by atoms with E-state index in [0.717, 1.165) is 18.4 Å². The van der Waals surface area contributed by atoms with Crippen LogP contribution in [0.5, 0.6) is 0 Å². The average molecular weight is 352 g/mol. The maximum atomic E-state index is 12.2. The molecule has 0 aliphatic carbocycles. The van der Waals surface area contributed by atoms with Crippen LogP contribution < -0.4 is 10.6 Å². The summed E-state index contributed by atoms with van der Waals surface area (Å²) < 4.78 is 1.80. The topological polar surface area (TPSA) is 101 Å². The summed E-state index contributed by atoms with van der Waals surface area (Å²) in [5.41, 5.74) is 1.44. The number of unbranched alkanes of at least 4 members (excludes halogenated alkanes) is 1. The molecule has 0 bridgehead atoms. The van der Waals surface area contributed by atoms with Crippen LogP contribution in [0.2, 0.25) is 0 Å². The minimum absolute atomic E-state index is 0.0367. The van der Waals surface area contributed by atoms with Crippen LogP contribution in [0.1, 0.15) is 30.1 Å². The molecule has 0 aliphatic rings. The first-order valence-electron chi connectivity index (χ1n) is 8.44. The highest BCUT2D eigenvalue weighted by Gasteiger charge is 2.10. The second kappa shape index (κ2) is 8.19. The molecule has 0 fully saturated rings. The summed E-state index contributed by atoms with van der Waals surface area (Å²) in [6, 6.07) is 9.02. The zero-order valence-electron chi connectivity index (χ0n) is 14.5. The first-order valence-corrected chi connectivity index (χ1v) is 8.44. The number of nitrogens with zero attached hydrogens (tertiary/aromatic N) is 4. The van der Waals surface area contributed by atoms with Crippen molar-refractivity contribution in [2.45, 2.75) is 19.8 Å². The van der Waals surface area contributed by atoms with E-state index in [1.807, 2.05) is 24.4 Å². The van der Waals surface area contributed by atoms with Gasteiger partial charge in [0, 0.05) is 43.5 Å². The molecule has 0 aliphatic heterocycles. The molecule has 0 saturated carbocycles. The van der Waals surface area contributed by atoms with E-state index >= 15 is 0 Å². The van der Waals surface area contributed by atoms with E-state index in [9.17, 15) is 9.59 Å². The second-order valence-corrected chi connectivity index (χ2v) is 5.84. The average Bonchev–Trinajstić information content (AvgIpc) is 3.08. The van der Waals surface area contributed by atoms with Crippen LogP contribution in [0, 0.1) is 0 Å². The second-order valence-electron chi connectivity index (χ2n) is 5.84. The van der Waals surface area contributed by atoms with Crippen LogP contribution in [0.4, 0.5) is 0 Å². The molecule has 3 rings (SSSR count). The molecule has 2 N–H and O–H groups in total. The highest BCUT2D eigenvalue weighted by molar-refractivity contribution is 5.94. The fourth-order valence-electron chi connectivity index (χ4n) is 2.53. The largest absolute Gasteiger partial charge is 0.356 e. The number of benzene rings is 1. The minimum atomic E-state index is -0.121. The Kier molecular flexibility index (Phi) is 5.52. The molecule has 2 heterocycles. The van der Waals surface area contributed by atoms with Crippen LogP contribution in [0.3, 0.4) is 0 Å². The van der Waals surface area contributed by atoms with E-state index in [0.29, 0.717) is 30.3 Å². The molecule has 0 saturated heterocycles. The standard InChI is InChI=1S/C18H20N6O2/c1-13(25)19-9-2-3-10-20-17(26)15-7-5-14(6-8-15)16-22-23-18-21-11-4-12-24(16)18/h4-8,11-12H,2-3,9-10H2,1H3,(H,19,25)(H,20,26). The molecular formula is C18H20N6O2. The lowest BCUT2D eigenvalue weighted by Crippen LogP contribution is -2.26. The number of carbonyl (C=O) groups excluding carboxylic acids is 2. The Balaban J connectivity index is 1.56. The molecule has 8 nitrogen and oxygen atoms in total. The van der Waals surface area contributed by atoms with Crippen LogP contribution in [-0.2, 0) is 4.79 Å². The van der Waals surface area contributed by atoms with E-state index in [4.69, 9.17) is 0 Å². The third-order valence-corrected chi connectivity index (χ3v) is 3.86. The molecule has 3 aromatic rings. The molecular weight excluding hydrogens is 332 g/mol. The summed E-state index contributed by atoms with van der Waals surface area (Å²) in [4.78, 5) is 27.1. The Labute approximate surface area is 150 Å². The van der Waals surface area contributed by atoms with Crippen LogP contribution in [0.15, 0.2) is 42.7 Å². The Morgan fingerprint density at radius 2 is 1.77 bits per heavy atom. The maximum absolute atomic E-state index is 12.2. The summed E-state index contributed by atoms with van der Waals surface area (Å²) in [6.45, 7) is 2.69. The number of amides is 2. The fourth-order valence-corrected chi connectivity index (χ4v) is 2.53. The van der Waals surface area contributed by atoms with Gasteiger partial charge in [-0.05, 0) is 31.0 Å². The molecule has 134 valence electrons. The van der Waals surface area contributed by atoms with Crippen LogP contribution in [-0.4, -0.2) is 44.5 Å². The first kappa shape index (κ1) is 17.5. The van der Waals surface area contributed by atoms with Gasteiger partial charge >= 0.3 is 0 Å². The van der Waals surface area contributed by atoms with Crippen molar-refractivity contribution < 1.29 is 9.59 Å². The number of carbonyl (C=O) groups is 2. The lowest BCUT2D eigenvalue weighted by Gasteiger charge is -2.06. The SMILES string of the molecule is CC(=O)NCCCCNC(=O)c1ccc(-c2nnc3ncccn23)cc1. The van der Waals surface area contributed by atoms with Gasteiger partial charge in [-0.2, -0.15) is 0 Å². The predicted molar refractivity (Wildman–Crippen MR) is 96.5 cm³/mol. The van der Waals surface area contributed by atoms with Crippen molar-refractivity contribution in [2.75, 3.05) is 13.1 Å². The van der Waals surface area contributed by atoms with Crippen molar-refractivity contribution in [2.24, 2.45) is 0 Å². The molecule has 1 aromatic carbocycles. The van der Waals surface area contributed by atoms with Gasteiger partial charge in [0.25, 0.3) is 11.7 Å². The number of hydrogen-bond acceptors (Lipinski definition) is 5. The maximum Gasteiger partial charge on any atom is 0.255 e. The van der Waals surface area contributed by atoms with E-state index in [1.54, 1.807) is 22.7 Å². The number of hydrogen-bond donors (Lipinski definition) is 2. The van der Waals surface area contributed by atoms with Crippen molar-refractivity contribution in [1.82, 2.24) is 30.2 Å². The third kappa shape index (κ3) is 4.21. The summed E-state index contributed by atoms with van der Waals surface area (Å²) in [5.74, 6) is 1.05. The third-order valence-electron chi connectivity index (χ3n) is 3.86. The van der Waals surface area contributed by atoms with E-state index < -0.39 is 0 Å².